The molecule has 0 aromatic carbocycles. The Morgan fingerprint density at radius 2 is 2.03 bits per heavy atom. The topological polar surface area (TPSA) is 80.7 Å². The number of rotatable bonds is 3. The van der Waals surface area contributed by atoms with E-state index in [-0.39, 0.29) is 35.6 Å². The van der Waals surface area contributed by atoms with E-state index in [1.807, 2.05) is 13.8 Å². The van der Waals surface area contributed by atoms with Crippen LogP contribution in [0.1, 0.15) is 59.8 Å². The molecule has 0 saturated heterocycles. The summed E-state index contributed by atoms with van der Waals surface area (Å²) >= 11 is 0. The number of fused-ring (bicyclic) bond motifs is 5. The van der Waals surface area contributed by atoms with Crippen LogP contribution >= 0.6 is 0 Å². The summed E-state index contributed by atoms with van der Waals surface area (Å²) in [5, 5.41) is 11.7. The first kappa shape index (κ1) is 21.2. The predicted octanol–water partition coefficient (Wildman–Crippen LogP) is 3.71. The lowest BCUT2D eigenvalue weighted by molar-refractivity contribution is -0.167. The molecule has 2 saturated carbocycles. The van der Waals surface area contributed by atoms with Crippen LogP contribution in [0.4, 0.5) is 0 Å². The molecule has 4 aliphatic rings. The van der Waals surface area contributed by atoms with Crippen molar-refractivity contribution in [1.82, 2.24) is 0 Å². The van der Waals surface area contributed by atoms with Gasteiger partial charge >= 0.3 is 5.97 Å². The average molecular weight is 413 g/mol. The minimum Gasteiger partial charge on any atom is -0.458 e. The van der Waals surface area contributed by atoms with Crippen LogP contribution in [-0.2, 0) is 19.1 Å². The van der Waals surface area contributed by atoms with Gasteiger partial charge in [0, 0.05) is 24.2 Å². The normalized spacial score (nSPS) is 42.5. The van der Waals surface area contributed by atoms with Gasteiger partial charge in [0.25, 0.3) is 0 Å². The highest BCUT2D eigenvalue weighted by atomic mass is 16.5. The zero-order chi connectivity index (χ0) is 22.1. The lowest BCUT2D eigenvalue weighted by atomic mass is 9.49. The lowest BCUT2D eigenvalue weighted by Gasteiger charge is -2.55. The minimum atomic E-state index is -1.53. The third-order valence-corrected chi connectivity index (χ3v) is 8.73. The Hall–Kier alpha value is -2.01. The maximum atomic E-state index is 13.1. The highest BCUT2D eigenvalue weighted by Crippen LogP contribution is 2.67. The largest absolute Gasteiger partial charge is 0.458 e. The fraction of sp³-hybridized carbons (Fsp3) is 0.640. The standard InChI is InChI=1S/C25H32O5/c1-14-10-18-19(23(4)8-6-17(27)12-20(14)23)7-9-24(5)21(18)11-15(2)25(24,29)22(28)13-30-16(3)26/h7,12,15,18,21,29H,1,6,8-11,13H2,2-5H3/t15-,18+,21-,23+,24-,25-/m0/s1. The van der Waals surface area contributed by atoms with Crippen molar-refractivity contribution < 1.29 is 24.2 Å². The summed E-state index contributed by atoms with van der Waals surface area (Å²) < 4.78 is 4.96. The highest BCUT2D eigenvalue weighted by molar-refractivity contribution is 5.93. The lowest BCUT2D eigenvalue weighted by Crippen LogP contribution is -2.57. The van der Waals surface area contributed by atoms with Crippen LogP contribution in [-0.4, -0.2) is 34.9 Å². The number of ether oxygens (including phenoxy) is 1. The fourth-order valence-corrected chi connectivity index (χ4v) is 7.09. The first-order valence-corrected chi connectivity index (χ1v) is 11.0. The molecular weight excluding hydrogens is 380 g/mol. The average Bonchev–Trinajstić information content (AvgIpc) is 2.89. The van der Waals surface area contributed by atoms with Crippen molar-refractivity contribution in [2.24, 2.45) is 28.6 Å². The molecule has 30 heavy (non-hydrogen) atoms. The number of hydrogen-bond donors (Lipinski definition) is 1. The minimum absolute atomic E-state index is 0.131. The van der Waals surface area contributed by atoms with Gasteiger partial charge in [0.05, 0.1) is 0 Å². The van der Waals surface area contributed by atoms with Gasteiger partial charge in [-0.3, -0.25) is 14.4 Å². The summed E-state index contributed by atoms with van der Waals surface area (Å²) in [5.41, 5.74) is 1.07. The molecule has 0 unspecified atom stereocenters. The van der Waals surface area contributed by atoms with E-state index in [4.69, 9.17) is 4.74 Å². The van der Waals surface area contributed by atoms with Gasteiger partial charge < -0.3 is 9.84 Å². The van der Waals surface area contributed by atoms with Gasteiger partial charge in [-0.25, -0.2) is 0 Å². The number of ketones is 2. The number of aliphatic hydroxyl groups is 1. The van der Waals surface area contributed by atoms with Crippen LogP contribution < -0.4 is 0 Å². The molecule has 4 rings (SSSR count). The third kappa shape index (κ3) is 2.67. The molecule has 4 aliphatic carbocycles. The Morgan fingerprint density at radius 1 is 1.33 bits per heavy atom. The SMILES string of the molecule is C=C1C[C@@H]2C(=CC[C@@]3(C)[C@H]2C[C@H](C)[C@]3(O)C(=O)COC(C)=O)[C@@]2(C)CCC(=O)C=C12. The predicted molar refractivity (Wildman–Crippen MR) is 112 cm³/mol. The summed E-state index contributed by atoms with van der Waals surface area (Å²) in [5.74, 6) is -0.654. The second-order valence-corrected chi connectivity index (χ2v) is 10.3. The van der Waals surface area contributed by atoms with Crippen LogP contribution in [0.25, 0.3) is 0 Å². The summed E-state index contributed by atoms with van der Waals surface area (Å²) in [6.45, 7) is 11.3. The third-order valence-electron chi connectivity index (χ3n) is 8.73. The monoisotopic (exact) mass is 412 g/mol. The first-order chi connectivity index (χ1) is 13.9. The molecule has 1 N–H and O–H groups in total. The van der Waals surface area contributed by atoms with Gasteiger partial charge in [-0.2, -0.15) is 0 Å². The Kier molecular flexibility index (Phi) is 4.77. The molecule has 0 spiro atoms. The molecule has 5 heteroatoms. The summed E-state index contributed by atoms with van der Waals surface area (Å²) in [6, 6.07) is 0. The maximum absolute atomic E-state index is 13.1. The van der Waals surface area contributed by atoms with Crippen LogP contribution in [0.3, 0.4) is 0 Å². The van der Waals surface area contributed by atoms with Gasteiger partial charge in [-0.1, -0.05) is 44.6 Å². The molecule has 2 fully saturated rings. The summed E-state index contributed by atoms with van der Waals surface area (Å²) in [7, 11) is 0. The van der Waals surface area contributed by atoms with E-state index in [2.05, 4.69) is 19.6 Å². The van der Waals surface area contributed by atoms with Crippen LogP contribution in [0, 0.1) is 28.6 Å². The van der Waals surface area contributed by atoms with Gasteiger partial charge in [-0.05, 0) is 55.1 Å². The Morgan fingerprint density at radius 3 is 2.70 bits per heavy atom. The molecular formula is C25H32O5. The van der Waals surface area contributed by atoms with Crippen LogP contribution in [0.2, 0.25) is 0 Å². The van der Waals surface area contributed by atoms with Crippen LogP contribution in [0.5, 0.6) is 0 Å². The number of esters is 1. The van der Waals surface area contributed by atoms with E-state index in [0.29, 0.717) is 12.8 Å². The number of carbonyl (C=O) groups excluding carboxylic acids is 3. The Balaban J connectivity index is 1.74. The van der Waals surface area contributed by atoms with E-state index < -0.39 is 22.8 Å². The van der Waals surface area contributed by atoms with E-state index in [0.717, 1.165) is 30.4 Å². The van der Waals surface area contributed by atoms with Crippen molar-refractivity contribution >= 4 is 17.5 Å². The molecule has 0 heterocycles. The maximum Gasteiger partial charge on any atom is 0.303 e. The quantitative estimate of drug-likeness (QED) is 0.564. The Bertz CT molecular complexity index is 910. The Labute approximate surface area is 178 Å². The number of Topliss-reactive ketones (excluding diaryl/α,β-unsaturated/α-hetero) is 1. The highest BCUT2D eigenvalue weighted by Gasteiger charge is 2.67. The molecule has 0 bridgehead atoms. The van der Waals surface area contributed by atoms with Crippen molar-refractivity contribution in [3.05, 3.63) is 35.5 Å². The molecule has 0 radical (unpaired) electrons. The van der Waals surface area contributed by atoms with Gasteiger partial charge in [0.15, 0.2) is 12.4 Å². The van der Waals surface area contributed by atoms with Crippen molar-refractivity contribution in [3.8, 4) is 0 Å². The molecule has 0 aromatic heterocycles. The van der Waals surface area contributed by atoms with Crippen LogP contribution in [0.15, 0.2) is 35.5 Å². The van der Waals surface area contributed by atoms with Gasteiger partial charge in [0.1, 0.15) is 5.60 Å². The van der Waals surface area contributed by atoms with E-state index in [9.17, 15) is 19.5 Å². The number of carbonyl (C=O) groups is 3. The second kappa shape index (κ2) is 6.74. The van der Waals surface area contributed by atoms with Gasteiger partial charge in [0.2, 0.25) is 5.78 Å². The van der Waals surface area contributed by atoms with E-state index in [1.54, 1.807) is 6.08 Å². The van der Waals surface area contributed by atoms with E-state index in [1.165, 1.54) is 12.5 Å². The van der Waals surface area contributed by atoms with Crippen molar-refractivity contribution in [1.29, 1.82) is 0 Å². The number of hydrogen-bond acceptors (Lipinski definition) is 5. The molecule has 0 aromatic rings. The zero-order valence-corrected chi connectivity index (χ0v) is 18.4. The molecule has 0 aliphatic heterocycles. The zero-order valence-electron chi connectivity index (χ0n) is 18.4. The second-order valence-electron chi connectivity index (χ2n) is 10.3. The molecule has 5 nitrogen and oxygen atoms in total. The first-order valence-electron chi connectivity index (χ1n) is 11.0. The molecule has 162 valence electrons. The molecule has 0 amide bonds. The summed E-state index contributed by atoms with van der Waals surface area (Å²) in [6.07, 6.45) is 7.42. The van der Waals surface area contributed by atoms with Crippen molar-refractivity contribution in [2.45, 2.75) is 65.4 Å². The number of allylic oxidation sites excluding steroid dienone is 5. The molecule has 6 atom stereocenters. The van der Waals surface area contributed by atoms with E-state index >= 15 is 0 Å². The van der Waals surface area contributed by atoms with Crippen molar-refractivity contribution in [3.63, 3.8) is 0 Å². The fourth-order valence-electron chi connectivity index (χ4n) is 7.09. The summed E-state index contributed by atoms with van der Waals surface area (Å²) in [4.78, 5) is 36.4. The van der Waals surface area contributed by atoms with Crippen molar-refractivity contribution in [2.75, 3.05) is 6.61 Å². The smallest absolute Gasteiger partial charge is 0.303 e. The van der Waals surface area contributed by atoms with Gasteiger partial charge in [-0.15, -0.1) is 0 Å².